The van der Waals surface area contributed by atoms with Crippen LogP contribution < -0.4 is 15.8 Å². The number of anilines is 1. The molecule has 2 amide bonds. The van der Waals surface area contributed by atoms with Crippen LogP contribution in [-0.4, -0.2) is 45.7 Å². The third-order valence-electron chi connectivity index (χ3n) is 5.64. The fourth-order valence-electron chi connectivity index (χ4n) is 3.80. The summed E-state index contributed by atoms with van der Waals surface area (Å²) < 4.78 is 0. The van der Waals surface area contributed by atoms with Gasteiger partial charge in [0.15, 0.2) is 12.2 Å². The summed E-state index contributed by atoms with van der Waals surface area (Å²) in [5.74, 6) is -1.46. The van der Waals surface area contributed by atoms with Crippen molar-refractivity contribution in [2.24, 2.45) is 0 Å². The normalized spacial score (nSPS) is 17.9. The maximum Gasteiger partial charge on any atom is 0.255 e. The molecule has 31 heavy (non-hydrogen) atoms. The molecular weight excluding hydrogens is 396 g/mol. The van der Waals surface area contributed by atoms with Gasteiger partial charge in [-0.25, -0.2) is 5.43 Å². The van der Waals surface area contributed by atoms with Crippen LogP contribution in [-0.2, 0) is 22.7 Å². The number of nitrogens with one attached hydrogen (secondary N) is 2. The number of aliphatic hydroxyl groups excluding tert-OH is 2. The van der Waals surface area contributed by atoms with Crippen LogP contribution in [0.25, 0.3) is 0 Å². The fraction of sp³-hybridized carbons (Fsp3) is 0.304. The van der Waals surface area contributed by atoms with Gasteiger partial charge in [-0.05, 0) is 35.7 Å². The molecule has 0 aromatic heterocycles. The lowest BCUT2D eigenvalue weighted by Gasteiger charge is -2.24. The number of amides is 2. The Balaban J connectivity index is 1.33. The smallest absolute Gasteiger partial charge is 0.255 e. The molecule has 162 valence electrons. The molecule has 0 unspecified atom stereocenters. The van der Waals surface area contributed by atoms with Gasteiger partial charge in [0.05, 0.1) is 11.7 Å². The molecule has 8 nitrogen and oxygen atoms in total. The summed E-state index contributed by atoms with van der Waals surface area (Å²) in [5.41, 5.74) is 6.97. The Morgan fingerprint density at radius 1 is 1.00 bits per heavy atom. The van der Waals surface area contributed by atoms with Crippen LogP contribution in [0.1, 0.15) is 29.7 Å². The molecule has 0 bridgehead atoms. The Morgan fingerprint density at radius 2 is 1.65 bits per heavy atom. The third-order valence-corrected chi connectivity index (χ3v) is 5.64. The van der Waals surface area contributed by atoms with E-state index in [4.69, 9.17) is 0 Å². The highest BCUT2D eigenvalue weighted by atomic mass is 16.3. The summed E-state index contributed by atoms with van der Waals surface area (Å²) in [6.45, 7) is 3.25. The number of benzene rings is 2. The second kappa shape index (κ2) is 8.89. The van der Waals surface area contributed by atoms with Crippen LogP contribution in [0.2, 0.25) is 0 Å². The van der Waals surface area contributed by atoms with Crippen molar-refractivity contribution in [3.63, 3.8) is 0 Å². The summed E-state index contributed by atoms with van der Waals surface area (Å²) in [6.07, 6.45) is 0.271. The van der Waals surface area contributed by atoms with Gasteiger partial charge >= 0.3 is 0 Å². The second-order valence-electron chi connectivity index (χ2n) is 7.79. The molecule has 0 saturated carbocycles. The minimum atomic E-state index is -1.85. The first kappa shape index (κ1) is 21.0. The molecule has 8 heteroatoms. The molecule has 2 aliphatic rings. The maximum atomic E-state index is 12.6. The van der Waals surface area contributed by atoms with Gasteiger partial charge in [-0.1, -0.05) is 42.5 Å². The lowest BCUT2D eigenvalue weighted by atomic mass is 10.1. The van der Waals surface area contributed by atoms with Crippen LogP contribution in [0.4, 0.5) is 5.69 Å². The zero-order valence-electron chi connectivity index (χ0n) is 17.2. The molecule has 0 fully saturated rings. The van der Waals surface area contributed by atoms with Crippen LogP contribution in [0.5, 0.6) is 0 Å². The highest BCUT2D eigenvalue weighted by molar-refractivity contribution is 5.91. The van der Waals surface area contributed by atoms with Crippen molar-refractivity contribution in [2.45, 2.75) is 38.3 Å². The highest BCUT2D eigenvalue weighted by Gasteiger charge is 2.35. The van der Waals surface area contributed by atoms with Crippen LogP contribution in [0.15, 0.2) is 60.8 Å². The number of carbonyl (C=O) groups is 2. The Bertz CT molecular complexity index is 966. The lowest BCUT2D eigenvalue weighted by Crippen LogP contribution is -2.50. The predicted octanol–water partition coefficient (Wildman–Crippen LogP) is 0.966. The molecule has 0 radical (unpaired) electrons. The molecular formula is C23H26N4O4. The number of hydrazine groups is 1. The fourth-order valence-corrected chi connectivity index (χ4v) is 3.80. The predicted molar refractivity (Wildman–Crippen MR) is 115 cm³/mol. The average molecular weight is 422 g/mol. The Morgan fingerprint density at radius 3 is 2.23 bits per heavy atom. The molecule has 2 aliphatic heterocycles. The van der Waals surface area contributed by atoms with Gasteiger partial charge in [0.1, 0.15) is 0 Å². The summed E-state index contributed by atoms with van der Waals surface area (Å²) in [7, 11) is 0. The number of hydrogen-bond donors (Lipinski definition) is 4. The number of hydrogen-bond acceptors (Lipinski definition) is 6. The third kappa shape index (κ3) is 4.46. The molecule has 0 aliphatic carbocycles. The highest BCUT2D eigenvalue weighted by Crippen LogP contribution is 2.23. The maximum absolute atomic E-state index is 12.6. The van der Waals surface area contributed by atoms with Crippen molar-refractivity contribution < 1.29 is 19.8 Å². The topological polar surface area (TPSA) is 105 Å². The van der Waals surface area contributed by atoms with Crippen LogP contribution >= 0.6 is 0 Å². The summed E-state index contributed by atoms with van der Waals surface area (Å²) in [4.78, 5) is 26.5. The van der Waals surface area contributed by atoms with Gasteiger partial charge in [-0.2, -0.15) is 0 Å². The van der Waals surface area contributed by atoms with E-state index in [0.717, 1.165) is 28.9 Å². The standard InChI is InChI=1S/C23H26N4O4/c1-15(16-7-9-19(10-8-16)27-12-4-11-24-27)25-22(30)20(28)21(29)23(31)26-13-17-5-2-3-6-18(17)14-26/h2-10,12,15,20-21,24,28-29H,11,13-14H2,1H3,(H,25,30)/t15-,20-,21-/m1/s1. The van der Waals surface area contributed by atoms with Crippen molar-refractivity contribution in [1.82, 2.24) is 15.6 Å². The SMILES string of the molecule is C[C@@H](NC(=O)[C@H](O)[C@@H](O)C(=O)N1Cc2ccccc2C1)c1ccc(N2C=CCN2)cc1. The van der Waals surface area contributed by atoms with E-state index in [1.165, 1.54) is 4.90 Å². The van der Waals surface area contributed by atoms with Crippen molar-refractivity contribution in [1.29, 1.82) is 0 Å². The zero-order valence-corrected chi connectivity index (χ0v) is 17.2. The molecule has 0 spiro atoms. The van der Waals surface area contributed by atoms with E-state index in [0.29, 0.717) is 13.1 Å². The second-order valence-corrected chi connectivity index (χ2v) is 7.79. The number of fused-ring (bicyclic) bond motifs is 1. The van der Waals surface area contributed by atoms with E-state index in [9.17, 15) is 19.8 Å². The minimum Gasteiger partial charge on any atom is -0.380 e. The monoisotopic (exact) mass is 422 g/mol. The van der Waals surface area contributed by atoms with Crippen molar-refractivity contribution in [3.8, 4) is 0 Å². The van der Waals surface area contributed by atoms with E-state index in [1.807, 2.05) is 65.8 Å². The molecule has 2 aromatic carbocycles. The molecule has 0 saturated heterocycles. The molecule has 2 heterocycles. The Kier molecular flexibility index (Phi) is 6.03. The van der Waals surface area contributed by atoms with E-state index >= 15 is 0 Å². The Labute approximate surface area is 180 Å². The van der Waals surface area contributed by atoms with E-state index in [1.54, 1.807) is 6.92 Å². The van der Waals surface area contributed by atoms with Crippen molar-refractivity contribution >= 4 is 17.5 Å². The average Bonchev–Trinajstić information content (AvgIpc) is 3.47. The summed E-state index contributed by atoms with van der Waals surface area (Å²) in [5, 5.41) is 25.2. The first-order valence-electron chi connectivity index (χ1n) is 10.3. The molecule has 4 rings (SSSR count). The van der Waals surface area contributed by atoms with Crippen LogP contribution in [0, 0.1) is 0 Å². The zero-order chi connectivity index (χ0) is 22.0. The number of carbonyl (C=O) groups excluding carboxylic acids is 2. The first-order valence-corrected chi connectivity index (χ1v) is 10.3. The van der Waals surface area contributed by atoms with Gasteiger partial charge in [-0.3, -0.25) is 14.6 Å². The quantitative estimate of drug-likeness (QED) is 0.553. The van der Waals surface area contributed by atoms with E-state index < -0.39 is 30.1 Å². The lowest BCUT2D eigenvalue weighted by molar-refractivity contribution is -0.153. The number of rotatable bonds is 6. The molecule has 4 N–H and O–H groups in total. The number of nitrogens with zero attached hydrogens (tertiary/aromatic N) is 2. The van der Waals surface area contributed by atoms with Gasteiger partial charge in [0.25, 0.3) is 11.8 Å². The first-order chi connectivity index (χ1) is 14.9. The summed E-state index contributed by atoms with van der Waals surface area (Å²) >= 11 is 0. The van der Waals surface area contributed by atoms with Gasteiger partial charge in [0.2, 0.25) is 0 Å². The number of aliphatic hydroxyl groups is 2. The van der Waals surface area contributed by atoms with Gasteiger partial charge in [0, 0.05) is 25.8 Å². The van der Waals surface area contributed by atoms with E-state index in [2.05, 4.69) is 10.7 Å². The Hall–Kier alpha value is -3.20. The molecule has 3 atom stereocenters. The van der Waals surface area contributed by atoms with Gasteiger partial charge < -0.3 is 20.4 Å². The van der Waals surface area contributed by atoms with E-state index in [-0.39, 0.29) is 0 Å². The largest absolute Gasteiger partial charge is 0.380 e. The van der Waals surface area contributed by atoms with Crippen molar-refractivity contribution in [2.75, 3.05) is 11.6 Å². The van der Waals surface area contributed by atoms with Crippen LogP contribution in [0.3, 0.4) is 0 Å². The van der Waals surface area contributed by atoms with Crippen molar-refractivity contribution in [3.05, 3.63) is 77.5 Å². The molecule has 2 aromatic rings. The summed E-state index contributed by atoms with van der Waals surface area (Å²) in [6, 6.07) is 14.8. The van der Waals surface area contributed by atoms with Gasteiger partial charge in [-0.15, -0.1) is 0 Å². The minimum absolute atomic E-state index is 0.351.